The van der Waals surface area contributed by atoms with E-state index in [1.165, 1.54) is 0 Å². The highest BCUT2D eigenvalue weighted by Gasteiger charge is 2.08. The summed E-state index contributed by atoms with van der Waals surface area (Å²) in [6, 6.07) is 11.2. The maximum Gasteiger partial charge on any atom is 0.135 e. The van der Waals surface area contributed by atoms with Gasteiger partial charge in [-0.15, -0.1) is 0 Å². The van der Waals surface area contributed by atoms with E-state index in [1.807, 2.05) is 36.4 Å². The average Bonchev–Trinajstić information content (AvgIpc) is 2.66. The molecule has 1 N–H and O–H groups in total. The van der Waals surface area contributed by atoms with Crippen LogP contribution < -0.4 is 0 Å². The van der Waals surface area contributed by atoms with Crippen LogP contribution in [0.2, 0.25) is 5.02 Å². The molecule has 16 heavy (non-hydrogen) atoms. The zero-order valence-electron chi connectivity index (χ0n) is 8.85. The lowest BCUT2D eigenvalue weighted by atomic mass is 10.2. The fraction of sp³-hybridized carbons (Fsp3) is 0.167. The van der Waals surface area contributed by atoms with Crippen LogP contribution in [-0.2, 0) is 6.54 Å². The van der Waals surface area contributed by atoms with Crippen molar-refractivity contribution in [3.05, 3.63) is 47.2 Å². The predicted molar refractivity (Wildman–Crippen MR) is 62.4 cm³/mol. The monoisotopic (exact) mass is 237 g/mol. The van der Waals surface area contributed by atoms with Gasteiger partial charge in [0, 0.05) is 12.6 Å². The van der Waals surface area contributed by atoms with E-state index < -0.39 is 0 Å². The van der Waals surface area contributed by atoms with Crippen LogP contribution in [0.3, 0.4) is 0 Å². The predicted octanol–water partition coefficient (Wildman–Crippen LogP) is 3.42. The lowest BCUT2D eigenvalue weighted by molar-refractivity contribution is -0.0772. The van der Waals surface area contributed by atoms with Crippen molar-refractivity contribution in [2.24, 2.45) is 0 Å². The molecule has 0 aliphatic carbocycles. The Morgan fingerprint density at radius 2 is 2.00 bits per heavy atom. The molecular formula is C12H12ClNO2. The molecule has 2 aromatic rings. The van der Waals surface area contributed by atoms with E-state index in [0.29, 0.717) is 23.1 Å². The van der Waals surface area contributed by atoms with E-state index in [1.54, 1.807) is 7.05 Å². The molecule has 0 unspecified atom stereocenters. The third-order valence-corrected chi connectivity index (χ3v) is 2.52. The fourth-order valence-electron chi connectivity index (χ4n) is 1.49. The second-order valence-electron chi connectivity index (χ2n) is 3.56. The molecule has 4 heteroatoms. The first-order valence-electron chi connectivity index (χ1n) is 4.90. The van der Waals surface area contributed by atoms with Crippen molar-refractivity contribution in [2.75, 3.05) is 7.05 Å². The third-order valence-electron chi connectivity index (χ3n) is 2.19. The maximum atomic E-state index is 9.09. The van der Waals surface area contributed by atoms with Gasteiger partial charge in [-0.1, -0.05) is 23.7 Å². The van der Waals surface area contributed by atoms with E-state index in [-0.39, 0.29) is 0 Å². The van der Waals surface area contributed by atoms with Crippen LogP contribution in [-0.4, -0.2) is 17.3 Å². The van der Waals surface area contributed by atoms with Crippen molar-refractivity contribution in [3.8, 4) is 11.3 Å². The summed E-state index contributed by atoms with van der Waals surface area (Å²) in [7, 11) is 1.57. The Morgan fingerprint density at radius 3 is 2.69 bits per heavy atom. The van der Waals surface area contributed by atoms with Gasteiger partial charge < -0.3 is 9.62 Å². The summed E-state index contributed by atoms with van der Waals surface area (Å²) in [5.41, 5.74) is 0.857. The van der Waals surface area contributed by atoms with Crippen molar-refractivity contribution in [3.63, 3.8) is 0 Å². The maximum absolute atomic E-state index is 9.09. The molecule has 0 radical (unpaired) electrons. The molecule has 1 aromatic heterocycles. The molecular weight excluding hydrogens is 226 g/mol. The molecule has 0 saturated heterocycles. The van der Waals surface area contributed by atoms with Crippen molar-refractivity contribution < 1.29 is 9.62 Å². The molecule has 0 atom stereocenters. The van der Waals surface area contributed by atoms with Crippen LogP contribution in [0.1, 0.15) is 5.76 Å². The SMILES string of the molecule is CN(O)Cc1ccc(-c2ccccc2Cl)o1. The number of halogens is 1. The minimum Gasteiger partial charge on any atom is -0.460 e. The van der Waals surface area contributed by atoms with Crippen molar-refractivity contribution >= 4 is 11.6 Å². The number of furan rings is 1. The van der Waals surface area contributed by atoms with E-state index in [9.17, 15) is 0 Å². The third kappa shape index (κ3) is 2.44. The first kappa shape index (κ1) is 11.2. The lowest BCUT2D eigenvalue weighted by Gasteiger charge is -2.04. The number of hydroxylamine groups is 2. The Balaban J connectivity index is 2.28. The summed E-state index contributed by atoms with van der Waals surface area (Å²) in [4.78, 5) is 0. The second-order valence-corrected chi connectivity index (χ2v) is 3.97. The summed E-state index contributed by atoms with van der Waals surface area (Å²) in [5.74, 6) is 1.40. The highest BCUT2D eigenvalue weighted by Crippen LogP contribution is 2.29. The van der Waals surface area contributed by atoms with Gasteiger partial charge >= 0.3 is 0 Å². The highest BCUT2D eigenvalue weighted by atomic mass is 35.5. The lowest BCUT2D eigenvalue weighted by Crippen LogP contribution is -2.10. The van der Waals surface area contributed by atoms with Gasteiger partial charge in [-0.05, 0) is 24.3 Å². The molecule has 2 rings (SSSR count). The van der Waals surface area contributed by atoms with Crippen LogP contribution in [0.25, 0.3) is 11.3 Å². The second kappa shape index (κ2) is 4.70. The number of hydrogen-bond acceptors (Lipinski definition) is 3. The Labute approximate surface area is 98.8 Å². The van der Waals surface area contributed by atoms with Gasteiger partial charge in [0.25, 0.3) is 0 Å². The smallest absolute Gasteiger partial charge is 0.135 e. The summed E-state index contributed by atoms with van der Waals surface area (Å²) in [5, 5.41) is 10.8. The quantitative estimate of drug-likeness (QED) is 0.831. The summed E-state index contributed by atoms with van der Waals surface area (Å²) < 4.78 is 5.58. The van der Waals surface area contributed by atoms with Gasteiger partial charge in [-0.2, -0.15) is 5.06 Å². The van der Waals surface area contributed by atoms with Crippen LogP contribution in [0, 0.1) is 0 Å². The van der Waals surface area contributed by atoms with Gasteiger partial charge in [0.2, 0.25) is 0 Å². The molecule has 0 amide bonds. The summed E-state index contributed by atoms with van der Waals surface area (Å²) >= 11 is 6.05. The van der Waals surface area contributed by atoms with E-state index in [2.05, 4.69) is 0 Å². The van der Waals surface area contributed by atoms with Crippen LogP contribution in [0.15, 0.2) is 40.8 Å². The molecule has 0 fully saturated rings. The van der Waals surface area contributed by atoms with Crippen molar-refractivity contribution in [2.45, 2.75) is 6.54 Å². The number of nitrogens with zero attached hydrogens (tertiary/aromatic N) is 1. The molecule has 1 heterocycles. The normalized spacial score (nSPS) is 11.0. The zero-order chi connectivity index (χ0) is 11.5. The van der Waals surface area contributed by atoms with Gasteiger partial charge in [-0.3, -0.25) is 0 Å². The zero-order valence-corrected chi connectivity index (χ0v) is 9.61. The first-order valence-corrected chi connectivity index (χ1v) is 5.28. The molecule has 0 spiro atoms. The molecule has 0 bridgehead atoms. The number of rotatable bonds is 3. The van der Waals surface area contributed by atoms with E-state index >= 15 is 0 Å². The van der Waals surface area contributed by atoms with Crippen LogP contribution >= 0.6 is 11.6 Å². The molecule has 1 aromatic carbocycles. The minimum atomic E-state index is 0.352. The average molecular weight is 238 g/mol. The summed E-state index contributed by atoms with van der Waals surface area (Å²) in [6.07, 6.45) is 0. The van der Waals surface area contributed by atoms with Gasteiger partial charge in [0.05, 0.1) is 11.6 Å². The van der Waals surface area contributed by atoms with Crippen LogP contribution in [0.4, 0.5) is 0 Å². The Bertz CT molecular complexity index is 479. The topological polar surface area (TPSA) is 36.6 Å². The van der Waals surface area contributed by atoms with Gasteiger partial charge in [0.15, 0.2) is 0 Å². The van der Waals surface area contributed by atoms with Crippen molar-refractivity contribution in [1.29, 1.82) is 0 Å². The Kier molecular flexibility index (Phi) is 3.29. The van der Waals surface area contributed by atoms with Crippen molar-refractivity contribution in [1.82, 2.24) is 5.06 Å². The number of benzene rings is 1. The molecule has 84 valence electrons. The highest BCUT2D eigenvalue weighted by molar-refractivity contribution is 6.33. The first-order chi connectivity index (χ1) is 7.66. The standard InChI is InChI=1S/C12H12ClNO2/c1-14(15)8-9-6-7-12(16-9)10-4-2-3-5-11(10)13/h2-7,15H,8H2,1H3. The fourth-order valence-corrected chi connectivity index (χ4v) is 1.72. The molecule has 0 aliphatic rings. The number of hydrogen-bond donors (Lipinski definition) is 1. The molecule has 0 aliphatic heterocycles. The minimum absolute atomic E-state index is 0.352. The Morgan fingerprint density at radius 1 is 1.25 bits per heavy atom. The largest absolute Gasteiger partial charge is 0.460 e. The molecule has 3 nitrogen and oxygen atoms in total. The van der Waals surface area contributed by atoms with Gasteiger partial charge in [0.1, 0.15) is 11.5 Å². The molecule has 0 saturated carbocycles. The van der Waals surface area contributed by atoms with E-state index in [4.69, 9.17) is 21.2 Å². The summed E-state index contributed by atoms with van der Waals surface area (Å²) in [6.45, 7) is 0.352. The van der Waals surface area contributed by atoms with E-state index in [0.717, 1.165) is 10.6 Å². The Hall–Kier alpha value is -1.29. The van der Waals surface area contributed by atoms with Gasteiger partial charge in [-0.25, -0.2) is 0 Å². The van der Waals surface area contributed by atoms with Crippen LogP contribution in [0.5, 0.6) is 0 Å².